The van der Waals surface area contributed by atoms with E-state index >= 15 is 0 Å². The number of carbonyl (C=O) groups is 2. The molecule has 6 heteroatoms. The van der Waals surface area contributed by atoms with Crippen molar-refractivity contribution < 1.29 is 19.1 Å². The molecule has 0 aromatic heterocycles. The second kappa shape index (κ2) is 6.56. The molecule has 1 heterocycles. The summed E-state index contributed by atoms with van der Waals surface area (Å²) in [5.41, 5.74) is 5.47. The van der Waals surface area contributed by atoms with Gasteiger partial charge in [0.15, 0.2) is 6.04 Å². The molecule has 1 aliphatic rings. The van der Waals surface area contributed by atoms with Gasteiger partial charge in [-0.25, -0.2) is 4.79 Å². The van der Waals surface area contributed by atoms with Gasteiger partial charge in [-0.3, -0.25) is 4.79 Å². The van der Waals surface area contributed by atoms with Crippen LogP contribution in [0.15, 0.2) is 0 Å². The molecular weight excluding hydrogens is 224 g/mol. The van der Waals surface area contributed by atoms with Gasteiger partial charge in [-0.05, 0) is 26.7 Å². The zero-order valence-corrected chi connectivity index (χ0v) is 10.3. The third-order valence-electron chi connectivity index (χ3n) is 2.72. The Morgan fingerprint density at radius 2 is 2.29 bits per heavy atom. The molecule has 0 aromatic carbocycles. The average molecular weight is 244 g/mol. The molecule has 1 rings (SSSR count). The van der Waals surface area contributed by atoms with Crippen molar-refractivity contribution >= 4 is 11.9 Å². The van der Waals surface area contributed by atoms with E-state index in [1.165, 1.54) is 0 Å². The zero-order chi connectivity index (χ0) is 12.8. The van der Waals surface area contributed by atoms with E-state index in [1.807, 2.05) is 6.92 Å². The van der Waals surface area contributed by atoms with Gasteiger partial charge in [-0.2, -0.15) is 0 Å². The summed E-state index contributed by atoms with van der Waals surface area (Å²) in [6.45, 7) is 4.43. The van der Waals surface area contributed by atoms with Gasteiger partial charge in [0, 0.05) is 6.61 Å². The molecule has 3 N–H and O–H groups in total. The molecule has 6 nitrogen and oxygen atoms in total. The number of hydrogen-bond acceptors (Lipinski definition) is 5. The third-order valence-corrected chi connectivity index (χ3v) is 2.72. The molecule has 3 atom stereocenters. The maximum Gasteiger partial charge on any atom is 0.332 e. The monoisotopic (exact) mass is 244 g/mol. The first kappa shape index (κ1) is 13.9. The van der Waals surface area contributed by atoms with Gasteiger partial charge < -0.3 is 20.5 Å². The SMILES string of the molecule is CCOC(=O)C(N)C(=O)NC(C)C1CCCO1. The third kappa shape index (κ3) is 3.98. The van der Waals surface area contributed by atoms with Crippen LogP contribution < -0.4 is 11.1 Å². The molecular formula is C11H20N2O4. The van der Waals surface area contributed by atoms with Crippen molar-refractivity contribution in [3.63, 3.8) is 0 Å². The molecule has 0 saturated carbocycles. The molecule has 0 aliphatic carbocycles. The predicted octanol–water partition coefficient (Wildman–Crippen LogP) is -0.439. The van der Waals surface area contributed by atoms with Gasteiger partial charge in [0.1, 0.15) is 0 Å². The first-order valence-electron chi connectivity index (χ1n) is 5.90. The quantitative estimate of drug-likeness (QED) is 0.505. The van der Waals surface area contributed by atoms with E-state index in [0.29, 0.717) is 0 Å². The van der Waals surface area contributed by atoms with E-state index in [-0.39, 0.29) is 18.8 Å². The topological polar surface area (TPSA) is 90.7 Å². The van der Waals surface area contributed by atoms with E-state index in [0.717, 1.165) is 19.4 Å². The van der Waals surface area contributed by atoms with Gasteiger partial charge in [-0.15, -0.1) is 0 Å². The van der Waals surface area contributed by atoms with Crippen molar-refractivity contribution in [3.05, 3.63) is 0 Å². The van der Waals surface area contributed by atoms with Crippen LogP contribution in [0.5, 0.6) is 0 Å². The summed E-state index contributed by atoms with van der Waals surface area (Å²) in [5, 5.41) is 2.67. The smallest absolute Gasteiger partial charge is 0.332 e. The lowest BCUT2D eigenvalue weighted by molar-refractivity contribution is -0.148. The molecule has 0 bridgehead atoms. The average Bonchev–Trinajstić information content (AvgIpc) is 2.81. The van der Waals surface area contributed by atoms with Crippen LogP contribution in [0.2, 0.25) is 0 Å². The molecule has 1 saturated heterocycles. The highest BCUT2D eigenvalue weighted by molar-refractivity contribution is 6.01. The predicted molar refractivity (Wildman–Crippen MR) is 61.2 cm³/mol. The summed E-state index contributed by atoms with van der Waals surface area (Å²) in [4.78, 5) is 22.9. The lowest BCUT2D eigenvalue weighted by Crippen LogP contribution is -2.51. The Labute approximate surface area is 101 Å². The van der Waals surface area contributed by atoms with Gasteiger partial charge in [0.2, 0.25) is 5.91 Å². The lowest BCUT2D eigenvalue weighted by Gasteiger charge is -2.21. The van der Waals surface area contributed by atoms with Crippen molar-refractivity contribution in [1.82, 2.24) is 5.32 Å². The van der Waals surface area contributed by atoms with Crippen molar-refractivity contribution in [2.75, 3.05) is 13.2 Å². The Morgan fingerprint density at radius 1 is 1.59 bits per heavy atom. The van der Waals surface area contributed by atoms with E-state index < -0.39 is 17.9 Å². The molecule has 0 spiro atoms. The minimum atomic E-state index is -1.26. The summed E-state index contributed by atoms with van der Waals surface area (Å²) in [5.74, 6) is -1.23. The molecule has 3 unspecified atom stereocenters. The molecule has 0 aromatic rings. The first-order valence-corrected chi connectivity index (χ1v) is 5.90. The maximum absolute atomic E-state index is 11.6. The fourth-order valence-corrected chi connectivity index (χ4v) is 1.74. The van der Waals surface area contributed by atoms with Crippen molar-refractivity contribution in [1.29, 1.82) is 0 Å². The van der Waals surface area contributed by atoms with Crippen LogP contribution in [-0.4, -0.2) is 43.3 Å². The highest BCUT2D eigenvalue weighted by atomic mass is 16.5. The van der Waals surface area contributed by atoms with Crippen LogP contribution in [0.4, 0.5) is 0 Å². The number of rotatable bonds is 5. The Kier molecular flexibility index (Phi) is 5.37. The fraction of sp³-hybridized carbons (Fsp3) is 0.818. The standard InChI is InChI=1S/C11H20N2O4/c1-3-16-11(15)9(12)10(14)13-7(2)8-5-4-6-17-8/h7-9H,3-6,12H2,1-2H3,(H,13,14). The summed E-state index contributed by atoms with van der Waals surface area (Å²) in [6.07, 6.45) is 1.92. The zero-order valence-electron chi connectivity index (χ0n) is 10.3. The number of nitrogens with two attached hydrogens (primary N) is 1. The Morgan fingerprint density at radius 3 is 2.82 bits per heavy atom. The van der Waals surface area contributed by atoms with E-state index in [4.69, 9.17) is 10.5 Å². The Balaban J connectivity index is 2.39. The number of amides is 1. The second-order valence-electron chi connectivity index (χ2n) is 4.08. The summed E-state index contributed by atoms with van der Waals surface area (Å²) >= 11 is 0. The molecule has 1 amide bonds. The summed E-state index contributed by atoms with van der Waals surface area (Å²) in [6, 6.07) is -1.41. The minimum absolute atomic E-state index is 0.00773. The molecule has 98 valence electrons. The summed E-state index contributed by atoms with van der Waals surface area (Å²) in [7, 11) is 0. The van der Waals surface area contributed by atoms with Gasteiger partial charge in [0.05, 0.1) is 18.8 Å². The highest BCUT2D eigenvalue weighted by Crippen LogP contribution is 2.15. The van der Waals surface area contributed by atoms with Gasteiger partial charge in [-0.1, -0.05) is 0 Å². The summed E-state index contributed by atoms with van der Waals surface area (Å²) < 4.78 is 10.1. The van der Waals surface area contributed by atoms with Crippen molar-refractivity contribution in [2.45, 2.75) is 44.9 Å². The molecule has 0 radical (unpaired) electrons. The number of ether oxygens (including phenoxy) is 2. The number of esters is 1. The van der Waals surface area contributed by atoms with Crippen LogP contribution in [-0.2, 0) is 19.1 Å². The van der Waals surface area contributed by atoms with E-state index in [9.17, 15) is 9.59 Å². The van der Waals surface area contributed by atoms with Crippen LogP contribution in [0.3, 0.4) is 0 Å². The second-order valence-corrected chi connectivity index (χ2v) is 4.08. The highest BCUT2D eigenvalue weighted by Gasteiger charge is 2.28. The lowest BCUT2D eigenvalue weighted by atomic mass is 10.1. The molecule has 1 fully saturated rings. The minimum Gasteiger partial charge on any atom is -0.464 e. The van der Waals surface area contributed by atoms with E-state index in [1.54, 1.807) is 6.92 Å². The van der Waals surface area contributed by atoms with E-state index in [2.05, 4.69) is 10.1 Å². The Bertz CT molecular complexity index is 277. The van der Waals surface area contributed by atoms with Gasteiger partial charge in [0.25, 0.3) is 0 Å². The number of nitrogens with one attached hydrogen (secondary N) is 1. The number of carbonyl (C=O) groups excluding carboxylic acids is 2. The largest absolute Gasteiger partial charge is 0.464 e. The maximum atomic E-state index is 11.6. The van der Waals surface area contributed by atoms with Crippen LogP contribution in [0.1, 0.15) is 26.7 Å². The fourth-order valence-electron chi connectivity index (χ4n) is 1.74. The molecule has 17 heavy (non-hydrogen) atoms. The Hall–Kier alpha value is -1.14. The first-order chi connectivity index (χ1) is 8.06. The van der Waals surface area contributed by atoms with Crippen molar-refractivity contribution in [3.8, 4) is 0 Å². The van der Waals surface area contributed by atoms with Crippen molar-refractivity contribution in [2.24, 2.45) is 5.73 Å². The van der Waals surface area contributed by atoms with Crippen LogP contribution in [0.25, 0.3) is 0 Å². The van der Waals surface area contributed by atoms with Gasteiger partial charge >= 0.3 is 5.97 Å². The van der Waals surface area contributed by atoms with Crippen LogP contribution >= 0.6 is 0 Å². The van der Waals surface area contributed by atoms with Crippen LogP contribution in [0, 0.1) is 0 Å². The number of hydrogen-bond donors (Lipinski definition) is 2. The normalized spacial score (nSPS) is 22.9. The molecule has 1 aliphatic heterocycles.